The monoisotopic (exact) mass is 195 g/mol. The van der Waals surface area contributed by atoms with Crippen LogP contribution in [0.1, 0.15) is 18.2 Å². The predicted octanol–water partition coefficient (Wildman–Crippen LogP) is 2.07. The lowest BCUT2D eigenvalue weighted by Gasteiger charge is -2.30. The van der Waals surface area contributed by atoms with Gasteiger partial charge < -0.3 is 10.1 Å². The molecule has 0 spiro atoms. The van der Waals surface area contributed by atoms with Crippen LogP contribution >= 0.6 is 0 Å². The van der Waals surface area contributed by atoms with Crippen molar-refractivity contribution in [3.8, 4) is 5.75 Å². The molecule has 1 heterocycles. The van der Waals surface area contributed by atoms with Crippen molar-refractivity contribution < 1.29 is 9.13 Å². The molecule has 1 N–H and O–H groups in total. The maximum atomic E-state index is 13.8. The van der Waals surface area contributed by atoms with Gasteiger partial charge in [0.15, 0.2) is 0 Å². The Balaban J connectivity index is 2.13. The summed E-state index contributed by atoms with van der Waals surface area (Å²) in [6, 6.07) is 7.18. The van der Waals surface area contributed by atoms with E-state index in [4.69, 9.17) is 4.74 Å². The lowest BCUT2D eigenvalue weighted by Crippen LogP contribution is -2.45. The molecule has 0 aliphatic carbocycles. The summed E-state index contributed by atoms with van der Waals surface area (Å²) in [5, 5.41) is 3.07. The Hall–Kier alpha value is -1.09. The summed E-state index contributed by atoms with van der Waals surface area (Å²) in [5.74, 6) is 0.712. The number of nitrogens with one attached hydrogen (secondary N) is 1. The minimum atomic E-state index is -0.918. The number of hydrogen-bond acceptors (Lipinski definition) is 2. The van der Waals surface area contributed by atoms with E-state index in [9.17, 15) is 4.39 Å². The fourth-order valence-electron chi connectivity index (χ4n) is 1.61. The van der Waals surface area contributed by atoms with Crippen LogP contribution in [0.3, 0.4) is 0 Å². The lowest BCUT2D eigenvalue weighted by atomic mass is 9.96. The van der Waals surface area contributed by atoms with Crippen LogP contribution in [-0.2, 0) is 0 Å². The molecule has 3 heteroatoms. The molecule has 14 heavy (non-hydrogen) atoms. The minimum absolute atomic E-state index is 0.0119. The van der Waals surface area contributed by atoms with Crippen LogP contribution < -0.4 is 10.1 Å². The molecule has 1 saturated heterocycles. The van der Waals surface area contributed by atoms with E-state index in [1.165, 1.54) is 0 Å². The molecule has 0 saturated carbocycles. The SMILES string of the molecule is COc1cccc(C(F)C2CCN2)c1. The van der Waals surface area contributed by atoms with E-state index in [0.29, 0.717) is 11.3 Å². The molecule has 0 aromatic heterocycles. The van der Waals surface area contributed by atoms with Crippen LogP contribution in [0, 0.1) is 0 Å². The van der Waals surface area contributed by atoms with Crippen LogP contribution in [0.2, 0.25) is 0 Å². The second kappa shape index (κ2) is 3.96. The second-order valence-corrected chi connectivity index (χ2v) is 3.53. The Labute approximate surface area is 83.1 Å². The number of ether oxygens (including phenoxy) is 1. The highest BCUT2D eigenvalue weighted by Crippen LogP contribution is 2.28. The maximum absolute atomic E-state index is 13.8. The molecule has 1 aliphatic rings. The molecule has 0 radical (unpaired) electrons. The molecule has 0 bridgehead atoms. The van der Waals surface area contributed by atoms with Gasteiger partial charge in [-0.05, 0) is 30.7 Å². The first kappa shape index (κ1) is 9.46. The summed E-state index contributed by atoms with van der Waals surface area (Å²) in [6.45, 7) is 0.926. The van der Waals surface area contributed by atoms with Crippen molar-refractivity contribution >= 4 is 0 Å². The Morgan fingerprint density at radius 3 is 2.93 bits per heavy atom. The first-order valence-electron chi connectivity index (χ1n) is 4.82. The molecular weight excluding hydrogens is 181 g/mol. The zero-order valence-corrected chi connectivity index (χ0v) is 8.16. The number of benzene rings is 1. The van der Waals surface area contributed by atoms with Crippen LogP contribution in [-0.4, -0.2) is 19.7 Å². The van der Waals surface area contributed by atoms with E-state index in [2.05, 4.69) is 5.32 Å². The third kappa shape index (κ3) is 1.73. The van der Waals surface area contributed by atoms with Crippen molar-refractivity contribution in [3.63, 3.8) is 0 Å². The minimum Gasteiger partial charge on any atom is -0.497 e. The van der Waals surface area contributed by atoms with Gasteiger partial charge in [0.2, 0.25) is 0 Å². The lowest BCUT2D eigenvalue weighted by molar-refractivity contribution is 0.194. The molecule has 1 aromatic carbocycles. The standard InChI is InChI=1S/C11H14FNO/c1-14-9-4-2-3-8(7-9)11(12)10-5-6-13-10/h2-4,7,10-11,13H,5-6H2,1H3. The summed E-state index contributed by atoms with van der Waals surface area (Å²) < 4.78 is 18.8. The van der Waals surface area contributed by atoms with E-state index >= 15 is 0 Å². The zero-order valence-electron chi connectivity index (χ0n) is 8.16. The van der Waals surface area contributed by atoms with E-state index in [-0.39, 0.29) is 6.04 Å². The number of rotatable bonds is 3. The van der Waals surface area contributed by atoms with Crippen LogP contribution in [0.5, 0.6) is 5.75 Å². The molecule has 2 unspecified atom stereocenters. The van der Waals surface area contributed by atoms with E-state index in [0.717, 1.165) is 13.0 Å². The van der Waals surface area contributed by atoms with E-state index in [1.807, 2.05) is 12.1 Å². The zero-order chi connectivity index (χ0) is 9.97. The summed E-state index contributed by atoms with van der Waals surface area (Å²) >= 11 is 0. The molecular formula is C11H14FNO. The van der Waals surface area contributed by atoms with E-state index < -0.39 is 6.17 Å². The fraction of sp³-hybridized carbons (Fsp3) is 0.455. The van der Waals surface area contributed by atoms with Crippen molar-refractivity contribution in [2.45, 2.75) is 18.6 Å². The highest BCUT2D eigenvalue weighted by molar-refractivity contribution is 5.30. The molecule has 1 aromatic rings. The van der Waals surface area contributed by atoms with Gasteiger partial charge in [-0.3, -0.25) is 0 Å². The van der Waals surface area contributed by atoms with Crippen LogP contribution in [0.25, 0.3) is 0 Å². The highest BCUT2D eigenvalue weighted by atomic mass is 19.1. The van der Waals surface area contributed by atoms with Gasteiger partial charge in [-0.25, -0.2) is 4.39 Å². The third-order valence-corrected chi connectivity index (χ3v) is 2.63. The molecule has 2 rings (SSSR count). The number of hydrogen-bond donors (Lipinski definition) is 1. The maximum Gasteiger partial charge on any atom is 0.141 e. The summed E-state index contributed by atoms with van der Waals surface area (Å²) in [5.41, 5.74) is 0.696. The Morgan fingerprint density at radius 1 is 1.57 bits per heavy atom. The number of methoxy groups -OCH3 is 1. The average molecular weight is 195 g/mol. The Kier molecular flexibility index (Phi) is 2.68. The molecule has 76 valence electrons. The summed E-state index contributed by atoms with van der Waals surface area (Å²) in [7, 11) is 1.59. The van der Waals surface area contributed by atoms with Gasteiger partial charge in [-0.15, -0.1) is 0 Å². The second-order valence-electron chi connectivity index (χ2n) is 3.53. The van der Waals surface area contributed by atoms with Gasteiger partial charge in [0, 0.05) is 6.04 Å². The quantitative estimate of drug-likeness (QED) is 0.797. The summed E-state index contributed by atoms with van der Waals surface area (Å²) in [6.07, 6.45) is -0.00268. The third-order valence-electron chi connectivity index (χ3n) is 2.63. The van der Waals surface area contributed by atoms with Gasteiger partial charge in [0.05, 0.1) is 7.11 Å². The van der Waals surface area contributed by atoms with Gasteiger partial charge >= 0.3 is 0 Å². The number of alkyl halides is 1. The van der Waals surface area contributed by atoms with Crippen molar-refractivity contribution in [3.05, 3.63) is 29.8 Å². The van der Waals surface area contributed by atoms with Crippen LogP contribution in [0.4, 0.5) is 4.39 Å². The van der Waals surface area contributed by atoms with Crippen molar-refractivity contribution in [2.24, 2.45) is 0 Å². The van der Waals surface area contributed by atoms with Crippen molar-refractivity contribution in [1.29, 1.82) is 0 Å². The molecule has 1 fully saturated rings. The predicted molar refractivity (Wildman–Crippen MR) is 53.3 cm³/mol. The fourth-order valence-corrected chi connectivity index (χ4v) is 1.61. The highest BCUT2D eigenvalue weighted by Gasteiger charge is 2.27. The van der Waals surface area contributed by atoms with Crippen molar-refractivity contribution in [2.75, 3.05) is 13.7 Å². The van der Waals surface area contributed by atoms with Gasteiger partial charge in [0.1, 0.15) is 11.9 Å². The van der Waals surface area contributed by atoms with Crippen LogP contribution in [0.15, 0.2) is 24.3 Å². The Bertz CT molecular complexity index is 312. The van der Waals surface area contributed by atoms with Gasteiger partial charge in [-0.2, -0.15) is 0 Å². The first-order chi connectivity index (χ1) is 6.81. The number of halogens is 1. The average Bonchev–Trinajstić information content (AvgIpc) is 2.15. The van der Waals surface area contributed by atoms with Crippen molar-refractivity contribution in [1.82, 2.24) is 5.32 Å². The first-order valence-corrected chi connectivity index (χ1v) is 4.82. The molecule has 2 nitrogen and oxygen atoms in total. The molecule has 2 atom stereocenters. The van der Waals surface area contributed by atoms with Gasteiger partial charge in [-0.1, -0.05) is 12.1 Å². The summed E-state index contributed by atoms with van der Waals surface area (Å²) in [4.78, 5) is 0. The topological polar surface area (TPSA) is 21.3 Å². The normalized spacial score (nSPS) is 22.6. The Morgan fingerprint density at radius 2 is 2.36 bits per heavy atom. The van der Waals surface area contributed by atoms with Gasteiger partial charge in [0.25, 0.3) is 0 Å². The largest absolute Gasteiger partial charge is 0.497 e. The molecule has 0 amide bonds. The smallest absolute Gasteiger partial charge is 0.141 e. The van der Waals surface area contributed by atoms with E-state index in [1.54, 1.807) is 19.2 Å². The molecule has 1 aliphatic heterocycles.